The molecule has 2 heterocycles. The molecule has 0 spiro atoms. The number of fused-ring (bicyclic) bond motifs is 1. The molecule has 1 aliphatic heterocycles. The summed E-state index contributed by atoms with van der Waals surface area (Å²) in [6.45, 7) is 0. The van der Waals surface area contributed by atoms with Crippen LogP contribution in [0.25, 0.3) is 0 Å². The number of carbonyl (C=O) groups is 1. The van der Waals surface area contributed by atoms with E-state index >= 15 is 0 Å². The third-order valence-electron chi connectivity index (χ3n) is 5.16. The number of nitrogens with one attached hydrogen (secondary N) is 2. The fraction of sp³-hybridized carbons (Fsp3) is 0.238. The van der Waals surface area contributed by atoms with Crippen molar-refractivity contribution in [2.24, 2.45) is 0 Å². The molecule has 1 aromatic heterocycles. The molecule has 0 fully saturated rings. The maximum absolute atomic E-state index is 13.8. The first-order chi connectivity index (χ1) is 15.2. The van der Waals surface area contributed by atoms with E-state index in [1.165, 1.54) is 19.2 Å². The highest BCUT2D eigenvalue weighted by atomic mass is 35.5. The van der Waals surface area contributed by atoms with Gasteiger partial charge in [0, 0.05) is 12.1 Å². The molecule has 0 saturated carbocycles. The highest BCUT2D eigenvalue weighted by molar-refractivity contribution is 6.31. The Morgan fingerprint density at radius 1 is 1.28 bits per heavy atom. The van der Waals surface area contributed by atoms with Crippen molar-refractivity contribution in [1.29, 1.82) is 0 Å². The molecule has 2 atom stereocenters. The third-order valence-corrected chi connectivity index (χ3v) is 5.45. The Bertz CT molecular complexity index is 1160. The van der Waals surface area contributed by atoms with Crippen LogP contribution in [0.5, 0.6) is 5.75 Å². The van der Waals surface area contributed by atoms with Gasteiger partial charge >= 0.3 is 6.18 Å². The topological polar surface area (TPSA) is 68.2 Å². The van der Waals surface area contributed by atoms with Crippen LogP contribution in [0.15, 0.2) is 48.7 Å². The number of anilines is 2. The molecular weight excluding hydrogens is 452 g/mol. The number of methoxy groups -OCH3 is 1. The van der Waals surface area contributed by atoms with Gasteiger partial charge in [-0.3, -0.25) is 4.79 Å². The quantitative estimate of drug-likeness (QED) is 0.489. The SMILES string of the molecule is COc1cccc(C2CC(C(F)(F)F)n3ncc(C(=O)Nc4ccc(F)c(Cl)c4)c3N2)c1. The summed E-state index contributed by atoms with van der Waals surface area (Å²) < 4.78 is 60.8. The zero-order valence-electron chi connectivity index (χ0n) is 16.6. The molecule has 0 bridgehead atoms. The number of rotatable bonds is 4. The number of alkyl halides is 3. The Morgan fingerprint density at radius 3 is 2.75 bits per heavy atom. The average molecular weight is 469 g/mol. The molecule has 0 aliphatic carbocycles. The Hall–Kier alpha value is -3.27. The molecule has 1 aliphatic rings. The summed E-state index contributed by atoms with van der Waals surface area (Å²) in [7, 11) is 1.46. The summed E-state index contributed by atoms with van der Waals surface area (Å²) in [6.07, 6.45) is -3.84. The van der Waals surface area contributed by atoms with Gasteiger partial charge in [-0.15, -0.1) is 0 Å². The van der Waals surface area contributed by atoms with Crippen LogP contribution in [0, 0.1) is 5.82 Å². The Morgan fingerprint density at radius 2 is 2.06 bits per heavy atom. The smallest absolute Gasteiger partial charge is 0.410 e. The summed E-state index contributed by atoms with van der Waals surface area (Å²) in [5.74, 6) is -0.952. The van der Waals surface area contributed by atoms with Gasteiger partial charge in [0.2, 0.25) is 0 Å². The minimum absolute atomic E-state index is 0.0721. The number of benzene rings is 2. The van der Waals surface area contributed by atoms with E-state index in [1.54, 1.807) is 24.3 Å². The van der Waals surface area contributed by atoms with E-state index in [0.29, 0.717) is 11.3 Å². The van der Waals surface area contributed by atoms with Gasteiger partial charge in [0.1, 0.15) is 22.9 Å². The van der Waals surface area contributed by atoms with Crippen molar-refractivity contribution in [3.8, 4) is 5.75 Å². The minimum atomic E-state index is -4.59. The van der Waals surface area contributed by atoms with Gasteiger partial charge in [-0.25, -0.2) is 9.07 Å². The summed E-state index contributed by atoms with van der Waals surface area (Å²) in [5.41, 5.74) is 0.670. The summed E-state index contributed by atoms with van der Waals surface area (Å²) in [4.78, 5) is 12.8. The maximum Gasteiger partial charge on any atom is 0.410 e. The lowest BCUT2D eigenvalue weighted by Crippen LogP contribution is -2.36. The average Bonchev–Trinajstić information content (AvgIpc) is 3.19. The number of halogens is 5. The normalized spacial score (nSPS) is 17.9. The molecule has 168 valence electrons. The van der Waals surface area contributed by atoms with Crippen molar-refractivity contribution in [3.05, 3.63) is 70.6 Å². The second-order valence-electron chi connectivity index (χ2n) is 7.20. The molecule has 2 N–H and O–H groups in total. The predicted molar refractivity (Wildman–Crippen MR) is 111 cm³/mol. The molecule has 1 amide bonds. The van der Waals surface area contributed by atoms with Crippen LogP contribution >= 0.6 is 11.6 Å². The van der Waals surface area contributed by atoms with Gasteiger partial charge in [-0.05, 0) is 35.9 Å². The molecule has 6 nitrogen and oxygen atoms in total. The Kier molecular flexibility index (Phi) is 5.72. The Labute approximate surface area is 185 Å². The number of hydrogen-bond acceptors (Lipinski definition) is 4. The van der Waals surface area contributed by atoms with Gasteiger partial charge in [0.05, 0.1) is 24.4 Å². The van der Waals surface area contributed by atoms with Crippen molar-refractivity contribution in [1.82, 2.24) is 9.78 Å². The van der Waals surface area contributed by atoms with Crippen LogP contribution < -0.4 is 15.4 Å². The van der Waals surface area contributed by atoms with E-state index in [1.807, 2.05) is 0 Å². The fourth-order valence-corrected chi connectivity index (χ4v) is 3.76. The van der Waals surface area contributed by atoms with E-state index in [0.717, 1.165) is 16.9 Å². The van der Waals surface area contributed by atoms with E-state index in [9.17, 15) is 22.4 Å². The van der Waals surface area contributed by atoms with Gasteiger partial charge in [0.15, 0.2) is 6.04 Å². The van der Waals surface area contributed by atoms with E-state index in [4.69, 9.17) is 16.3 Å². The van der Waals surface area contributed by atoms with Crippen LogP contribution in [0.2, 0.25) is 5.02 Å². The summed E-state index contributed by atoms with van der Waals surface area (Å²) in [5, 5.41) is 9.13. The molecule has 32 heavy (non-hydrogen) atoms. The Balaban J connectivity index is 1.69. The summed E-state index contributed by atoms with van der Waals surface area (Å²) in [6, 6.07) is 7.57. The van der Waals surface area contributed by atoms with Crippen LogP contribution in [0.1, 0.15) is 34.4 Å². The number of carbonyl (C=O) groups excluding carboxylic acids is 1. The van der Waals surface area contributed by atoms with Crippen molar-refractivity contribution in [2.45, 2.75) is 24.7 Å². The molecule has 2 unspecified atom stereocenters. The van der Waals surface area contributed by atoms with Crippen molar-refractivity contribution in [2.75, 3.05) is 17.7 Å². The molecule has 2 aromatic carbocycles. The lowest BCUT2D eigenvalue weighted by atomic mass is 9.96. The molecule has 3 aromatic rings. The lowest BCUT2D eigenvalue weighted by molar-refractivity contribution is -0.173. The highest BCUT2D eigenvalue weighted by Crippen LogP contribution is 2.44. The largest absolute Gasteiger partial charge is 0.497 e. The minimum Gasteiger partial charge on any atom is -0.497 e. The monoisotopic (exact) mass is 468 g/mol. The van der Waals surface area contributed by atoms with Crippen LogP contribution in [-0.4, -0.2) is 29.0 Å². The molecule has 0 radical (unpaired) electrons. The molecule has 11 heteroatoms. The number of nitrogens with zero attached hydrogens (tertiary/aromatic N) is 2. The zero-order chi connectivity index (χ0) is 23.0. The molecular formula is C21H17ClF4N4O2. The van der Waals surface area contributed by atoms with E-state index in [-0.39, 0.29) is 28.5 Å². The predicted octanol–water partition coefficient (Wildman–Crippen LogP) is 5.60. The first-order valence-electron chi connectivity index (χ1n) is 9.48. The summed E-state index contributed by atoms with van der Waals surface area (Å²) >= 11 is 5.73. The number of amides is 1. The highest BCUT2D eigenvalue weighted by Gasteiger charge is 2.47. The van der Waals surface area contributed by atoms with Crippen molar-refractivity contribution in [3.63, 3.8) is 0 Å². The van der Waals surface area contributed by atoms with Gasteiger partial charge in [0.25, 0.3) is 5.91 Å². The van der Waals surface area contributed by atoms with Crippen LogP contribution in [0.3, 0.4) is 0 Å². The second kappa shape index (κ2) is 8.34. The van der Waals surface area contributed by atoms with E-state index < -0.39 is 30.0 Å². The van der Waals surface area contributed by atoms with Crippen LogP contribution in [0.4, 0.5) is 29.1 Å². The van der Waals surface area contributed by atoms with Gasteiger partial charge < -0.3 is 15.4 Å². The first-order valence-corrected chi connectivity index (χ1v) is 9.86. The number of ether oxygens (including phenoxy) is 1. The zero-order valence-corrected chi connectivity index (χ0v) is 17.3. The fourth-order valence-electron chi connectivity index (χ4n) is 3.58. The maximum atomic E-state index is 13.8. The number of aromatic nitrogens is 2. The van der Waals surface area contributed by atoms with E-state index in [2.05, 4.69) is 15.7 Å². The van der Waals surface area contributed by atoms with Crippen LogP contribution in [-0.2, 0) is 0 Å². The van der Waals surface area contributed by atoms with Gasteiger partial charge in [-0.1, -0.05) is 23.7 Å². The van der Waals surface area contributed by atoms with Gasteiger partial charge in [-0.2, -0.15) is 18.3 Å². The second-order valence-corrected chi connectivity index (χ2v) is 7.61. The first kappa shape index (κ1) is 21.9. The van der Waals surface area contributed by atoms with Crippen molar-refractivity contribution < 1.29 is 27.1 Å². The molecule has 0 saturated heterocycles. The lowest BCUT2D eigenvalue weighted by Gasteiger charge is -2.34. The number of hydrogen-bond donors (Lipinski definition) is 2. The molecule has 4 rings (SSSR count). The third kappa shape index (κ3) is 4.22. The van der Waals surface area contributed by atoms with Crippen molar-refractivity contribution >= 4 is 29.0 Å². The standard InChI is InChI=1S/C21H17ClF4N4O2/c1-32-13-4-2-3-11(7-13)17-9-18(21(24,25)26)30-19(29-17)14(10-27-30)20(31)28-12-5-6-16(23)15(22)8-12/h2-8,10,17-18,29H,9H2,1H3,(H,28,31).